The van der Waals surface area contributed by atoms with E-state index in [2.05, 4.69) is 13.8 Å². The molecule has 0 bridgehead atoms. The molecule has 4 nitrogen and oxygen atoms in total. The summed E-state index contributed by atoms with van der Waals surface area (Å²) in [6.07, 6.45) is 2.23. The molecule has 4 heteroatoms. The molecule has 1 rings (SSSR count). The summed E-state index contributed by atoms with van der Waals surface area (Å²) < 4.78 is 10.9. The molecule has 4 atom stereocenters. The molecular formula is C14H26O4. The lowest BCUT2D eigenvalue weighted by atomic mass is 9.89. The van der Waals surface area contributed by atoms with Gasteiger partial charge < -0.3 is 14.6 Å². The molecule has 0 aromatic heterocycles. The summed E-state index contributed by atoms with van der Waals surface area (Å²) in [7, 11) is 0. The number of rotatable bonds is 6. The third kappa shape index (κ3) is 4.25. The Labute approximate surface area is 110 Å². The van der Waals surface area contributed by atoms with Crippen molar-refractivity contribution < 1.29 is 19.4 Å². The van der Waals surface area contributed by atoms with Crippen molar-refractivity contribution in [3.05, 3.63) is 0 Å². The Morgan fingerprint density at radius 3 is 2.56 bits per heavy atom. The standard InChI is InChI=1S/C14H26O4/c1-5-10-7-11(13(6-2)18-10)12(15)8-14(16)17-9(3)4/h9-13,15H,5-8H2,1-4H3. The van der Waals surface area contributed by atoms with Crippen LogP contribution < -0.4 is 0 Å². The van der Waals surface area contributed by atoms with Gasteiger partial charge in [0.05, 0.1) is 30.8 Å². The van der Waals surface area contributed by atoms with Crippen LogP contribution in [0.25, 0.3) is 0 Å². The van der Waals surface area contributed by atoms with Crippen molar-refractivity contribution in [1.29, 1.82) is 0 Å². The minimum Gasteiger partial charge on any atom is -0.463 e. The molecule has 0 aromatic rings. The average Bonchev–Trinajstić information content (AvgIpc) is 2.70. The molecule has 1 saturated heterocycles. The zero-order valence-electron chi connectivity index (χ0n) is 11.9. The van der Waals surface area contributed by atoms with E-state index in [1.807, 2.05) is 13.8 Å². The number of hydrogen-bond donors (Lipinski definition) is 1. The number of ether oxygens (including phenoxy) is 2. The number of aliphatic hydroxyl groups excluding tert-OH is 1. The van der Waals surface area contributed by atoms with Gasteiger partial charge in [-0.15, -0.1) is 0 Å². The highest BCUT2D eigenvalue weighted by Crippen LogP contribution is 2.33. The van der Waals surface area contributed by atoms with Crippen LogP contribution in [-0.4, -0.2) is 35.5 Å². The summed E-state index contributed by atoms with van der Waals surface area (Å²) in [6, 6.07) is 0. The summed E-state index contributed by atoms with van der Waals surface area (Å²) in [5.74, 6) is -0.271. The smallest absolute Gasteiger partial charge is 0.308 e. The summed E-state index contributed by atoms with van der Waals surface area (Å²) >= 11 is 0. The molecule has 0 radical (unpaired) electrons. The number of hydrogen-bond acceptors (Lipinski definition) is 4. The van der Waals surface area contributed by atoms with E-state index in [9.17, 15) is 9.90 Å². The number of aliphatic hydroxyl groups is 1. The van der Waals surface area contributed by atoms with Crippen LogP contribution in [-0.2, 0) is 14.3 Å². The summed E-state index contributed by atoms with van der Waals surface area (Å²) in [6.45, 7) is 7.75. The van der Waals surface area contributed by atoms with Gasteiger partial charge in [0, 0.05) is 5.92 Å². The van der Waals surface area contributed by atoms with Crippen molar-refractivity contribution in [2.45, 2.75) is 77.8 Å². The average molecular weight is 258 g/mol. The monoisotopic (exact) mass is 258 g/mol. The van der Waals surface area contributed by atoms with Gasteiger partial charge >= 0.3 is 5.97 Å². The molecule has 18 heavy (non-hydrogen) atoms. The van der Waals surface area contributed by atoms with E-state index in [0.29, 0.717) is 0 Å². The molecule has 106 valence electrons. The fourth-order valence-corrected chi connectivity index (χ4v) is 2.56. The maximum atomic E-state index is 11.5. The molecule has 1 aliphatic heterocycles. The number of carbonyl (C=O) groups excluding carboxylic acids is 1. The normalized spacial score (nSPS) is 29.6. The van der Waals surface area contributed by atoms with Gasteiger partial charge in [0.25, 0.3) is 0 Å². The van der Waals surface area contributed by atoms with Gasteiger partial charge in [-0.3, -0.25) is 4.79 Å². The predicted molar refractivity (Wildman–Crippen MR) is 69.2 cm³/mol. The van der Waals surface area contributed by atoms with E-state index in [0.717, 1.165) is 19.3 Å². The van der Waals surface area contributed by atoms with E-state index in [-0.39, 0.29) is 36.6 Å². The second-order valence-electron chi connectivity index (χ2n) is 5.32. The van der Waals surface area contributed by atoms with Gasteiger partial charge in [-0.2, -0.15) is 0 Å². The molecule has 0 amide bonds. The fourth-order valence-electron chi connectivity index (χ4n) is 2.56. The number of esters is 1. The third-order valence-electron chi connectivity index (χ3n) is 3.47. The minimum atomic E-state index is -0.655. The SMILES string of the molecule is CCC1CC(C(O)CC(=O)OC(C)C)C(CC)O1. The molecule has 4 unspecified atom stereocenters. The molecule has 0 spiro atoms. The Morgan fingerprint density at radius 1 is 1.39 bits per heavy atom. The highest BCUT2D eigenvalue weighted by molar-refractivity contribution is 5.70. The van der Waals surface area contributed by atoms with Gasteiger partial charge in [-0.1, -0.05) is 13.8 Å². The molecule has 1 N–H and O–H groups in total. The lowest BCUT2D eigenvalue weighted by molar-refractivity contribution is -0.150. The maximum Gasteiger partial charge on any atom is 0.308 e. The van der Waals surface area contributed by atoms with Crippen LogP contribution in [0.5, 0.6) is 0 Å². The minimum absolute atomic E-state index is 0.0552. The first-order chi connectivity index (χ1) is 8.47. The van der Waals surface area contributed by atoms with Crippen LogP contribution in [0.4, 0.5) is 0 Å². The van der Waals surface area contributed by atoms with Gasteiger partial charge in [0.2, 0.25) is 0 Å². The van der Waals surface area contributed by atoms with Gasteiger partial charge in [-0.25, -0.2) is 0 Å². The van der Waals surface area contributed by atoms with E-state index in [1.165, 1.54) is 0 Å². The summed E-state index contributed by atoms with van der Waals surface area (Å²) in [5.41, 5.74) is 0. The molecule has 0 aliphatic carbocycles. The highest BCUT2D eigenvalue weighted by atomic mass is 16.5. The van der Waals surface area contributed by atoms with Crippen LogP contribution in [0.2, 0.25) is 0 Å². The molecule has 0 aromatic carbocycles. The van der Waals surface area contributed by atoms with Gasteiger partial charge in [-0.05, 0) is 33.1 Å². The first-order valence-corrected chi connectivity index (χ1v) is 7.00. The Balaban J connectivity index is 2.49. The van der Waals surface area contributed by atoms with Crippen LogP contribution in [0, 0.1) is 5.92 Å². The van der Waals surface area contributed by atoms with Gasteiger partial charge in [0.15, 0.2) is 0 Å². The zero-order valence-corrected chi connectivity index (χ0v) is 11.9. The highest BCUT2D eigenvalue weighted by Gasteiger charge is 2.38. The molecule has 1 fully saturated rings. The largest absolute Gasteiger partial charge is 0.463 e. The van der Waals surface area contributed by atoms with Crippen molar-refractivity contribution in [2.75, 3.05) is 0 Å². The molecule has 1 heterocycles. The van der Waals surface area contributed by atoms with E-state index < -0.39 is 6.10 Å². The number of carbonyl (C=O) groups is 1. The Hall–Kier alpha value is -0.610. The molecule has 0 saturated carbocycles. The predicted octanol–water partition coefficient (Wildman–Crippen LogP) is 2.28. The summed E-state index contributed by atoms with van der Waals surface area (Å²) in [4.78, 5) is 11.5. The van der Waals surface area contributed by atoms with Crippen LogP contribution in [0.1, 0.15) is 53.4 Å². The fraction of sp³-hybridized carbons (Fsp3) is 0.929. The lowest BCUT2D eigenvalue weighted by Crippen LogP contribution is -2.31. The van der Waals surface area contributed by atoms with Crippen LogP contribution >= 0.6 is 0 Å². The molecule has 1 aliphatic rings. The van der Waals surface area contributed by atoms with Crippen molar-refractivity contribution in [3.63, 3.8) is 0 Å². The third-order valence-corrected chi connectivity index (χ3v) is 3.47. The summed E-state index contributed by atoms with van der Waals surface area (Å²) in [5, 5.41) is 10.2. The van der Waals surface area contributed by atoms with Crippen LogP contribution in [0.15, 0.2) is 0 Å². The Kier molecular flexibility index (Phi) is 6.09. The van der Waals surface area contributed by atoms with Crippen molar-refractivity contribution in [3.8, 4) is 0 Å². The van der Waals surface area contributed by atoms with E-state index in [1.54, 1.807) is 0 Å². The van der Waals surface area contributed by atoms with E-state index in [4.69, 9.17) is 9.47 Å². The second kappa shape index (κ2) is 7.10. The van der Waals surface area contributed by atoms with Crippen molar-refractivity contribution in [2.24, 2.45) is 5.92 Å². The molecular weight excluding hydrogens is 232 g/mol. The maximum absolute atomic E-state index is 11.5. The first-order valence-electron chi connectivity index (χ1n) is 7.00. The van der Waals surface area contributed by atoms with Gasteiger partial charge in [0.1, 0.15) is 0 Å². The first kappa shape index (κ1) is 15.4. The van der Waals surface area contributed by atoms with Crippen molar-refractivity contribution >= 4 is 5.97 Å². The quantitative estimate of drug-likeness (QED) is 0.743. The zero-order chi connectivity index (χ0) is 13.7. The Morgan fingerprint density at radius 2 is 2.06 bits per heavy atom. The van der Waals surface area contributed by atoms with E-state index >= 15 is 0 Å². The second-order valence-corrected chi connectivity index (χ2v) is 5.32. The lowest BCUT2D eigenvalue weighted by Gasteiger charge is -2.22. The van der Waals surface area contributed by atoms with Crippen molar-refractivity contribution in [1.82, 2.24) is 0 Å². The Bertz CT molecular complexity index is 265. The topological polar surface area (TPSA) is 55.8 Å². The van der Waals surface area contributed by atoms with Crippen LogP contribution in [0.3, 0.4) is 0 Å².